The van der Waals surface area contributed by atoms with Gasteiger partial charge >= 0.3 is 0 Å². The molecule has 2 aromatic rings. The molecule has 3 rings (SSSR count). The van der Waals surface area contributed by atoms with Gasteiger partial charge in [-0.3, -0.25) is 0 Å². The van der Waals surface area contributed by atoms with Gasteiger partial charge in [0.05, 0.1) is 0 Å². The van der Waals surface area contributed by atoms with Gasteiger partial charge in [-0.1, -0.05) is 31.2 Å². The summed E-state index contributed by atoms with van der Waals surface area (Å²) in [6, 6.07) is 13.3. The molecule has 0 spiro atoms. The van der Waals surface area contributed by atoms with E-state index in [9.17, 15) is 0 Å². The summed E-state index contributed by atoms with van der Waals surface area (Å²) in [7, 11) is 0. The Balaban J connectivity index is 2.22. The zero-order valence-electron chi connectivity index (χ0n) is 9.03. The van der Waals surface area contributed by atoms with Crippen LogP contribution >= 0.6 is 0 Å². The van der Waals surface area contributed by atoms with Gasteiger partial charge in [-0.25, -0.2) is 0 Å². The van der Waals surface area contributed by atoms with Gasteiger partial charge in [0.1, 0.15) is 0 Å². The molecule has 1 heteroatoms. The second-order valence-corrected chi connectivity index (χ2v) is 4.12. The Labute approximate surface area is 90.4 Å². The van der Waals surface area contributed by atoms with E-state index in [1.165, 1.54) is 28.9 Å². The van der Waals surface area contributed by atoms with Crippen molar-refractivity contribution in [3.8, 4) is 11.3 Å². The fraction of sp³-hybridized carbons (Fsp3) is 0.286. The number of nitrogens with zero attached hydrogens (tertiary/aromatic N) is 1. The Hall–Kier alpha value is -1.50. The molecule has 0 atom stereocenters. The van der Waals surface area contributed by atoms with E-state index >= 15 is 0 Å². The van der Waals surface area contributed by atoms with E-state index in [4.69, 9.17) is 0 Å². The Morgan fingerprint density at radius 2 is 2.00 bits per heavy atom. The Morgan fingerprint density at radius 3 is 2.87 bits per heavy atom. The highest BCUT2D eigenvalue weighted by atomic mass is 15.0. The highest BCUT2D eigenvalue weighted by molar-refractivity contribution is 5.66. The SMILES string of the molecule is CCc1ccc2n1CCc1ccccc1-2. The third kappa shape index (κ3) is 1.23. The van der Waals surface area contributed by atoms with Crippen molar-refractivity contribution in [3.63, 3.8) is 0 Å². The third-order valence-corrected chi connectivity index (χ3v) is 3.33. The Morgan fingerprint density at radius 1 is 1.13 bits per heavy atom. The van der Waals surface area contributed by atoms with E-state index < -0.39 is 0 Å². The molecular formula is C14H15N. The van der Waals surface area contributed by atoms with Gasteiger partial charge in [-0.2, -0.15) is 0 Å². The highest BCUT2D eigenvalue weighted by Crippen LogP contribution is 2.31. The van der Waals surface area contributed by atoms with Crippen LogP contribution in [0.4, 0.5) is 0 Å². The molecule has 0 fully saturated rings. The van der Waals surface area contributed by atoms with Gasteiger partial charge in [0, 0.05) is 23.5 Å². The highest BCUT2D eigenvalue weighted by Gasteiger charge is 2.16. The molecule has 1 nitrogen and oxygen atoms in total. The molecule has 0 N–H and O–H groups in total. The van der Waals surface area contributed by atoms with Crippen molar-refractivity contribution in [3.05, 3.63) is 47.7 Å². The minimum atomic E-state index is 1.13. The normalized spacial score (nSPS) is 13.4. The van der Waals surface area contributed by atoms with Crippen LogP contribution in [0, 0.1) is 0 Å². The van der Waals surface area contributed by atoms with Crippen molar-refractivity contribution in [2.75, 3.05) is 0 Å². The van der Waals surface area contributed by atoms with Gasteiger partial charge in [-0.05, 0) is 30.5 Å². The predicted molar refractivity (Wildman–Crippen MR) is 63.0 cm³/mol. The quantitative estimate of drug-likeness (QED) is 0.661. The first-order chi connectivity index (χ1) is 7.40. The summed E-state index contributed by atoms with van der Waals surface area (Å²) in [4.78, 5) is 0. The van der Waals surface area contributed by atoms with Crippen LogP contribution in [0.15, 0.2) is 36.4 Å². The number of hydrogen-bond acceptors (Lipinski definition) is 0. The molecule has 0 saturated heterocycles. The van der Waals surface area contributed by atoms with E-state index in [2.05, 4.69) is 47.9 Å². The van der Waals surface area contributed by atoms with Gasteiger partial charge in [0.2, 0.25) is 0 Å². The maximum Gasteiger partial charge on any atom is 0.0485 e. The molecule has 0 bridgehead atoms. The number of aromatic nitrogens is 1. The predicted octanol–water partition coefficient (Wildman–Crippen LogP) is 3.27. The lowest BCUT2D eigenvalue weighted by Crippen LogP contribution is -2.12. The summed E-state index contributed by atoms with van der Waals surface area (Å²) in [5, 5.41) is 0. The topological polar surface area (TPSA) is 4.93 Å². The van der Waals surface area contributed by atoms with E-state index in [-0.39, 0.29) is 0 Å². The first kappa shape index (κ1) is 8.78. The number of hydrogen-bond donors (Lipinski definition) is 0. The summed E-state index contributed by atoms with van der Waals surface area (Å²) in [5.41, 5.74) is 5.77. The fourth-order valence-corrected chi connectivity index (χ4v) is 2.54. The summed E-state index contributed by atoms with van der Waals surface area (Å²) < 4.78 is 2.46. The van der Waals surface area contributed by atoms with Crippen molar-refractivity contribution < 1.29 is 0 Å². The van der Waals surface area contributed by atoms with Crippen molar-refractivity contribution in [1.29, 1.82) is 0 Å². The molecule has 1 aromatic carbocycles. The van der Waals surface area contributed by atoms with Crippen LogP contribution in [0.2, 0.25) is 0 Å². The zero-order chi connectivity index (χ0) is 10.3. The van der Waals surface area contributed by atoms with E-state index in [1.54, 1.807) is 0 Å². The van der Waals surface area contributed by atoms with E-state index in [0.717, 1.165) is 13.0 Å². The second-order valence-electron chi connectivity index (χ2n) is 4.12. The number of aryl methyl sites for hydroxylation is 2. The third-order valence-electron chi connectivity index (χ3n) is 3.33. The summed E-state index contributed by atoms with van der Waals surface area (Å²) >= 11 is 0. The van der Waals surface area contributed by atoms with Gasteiger partial charge < -0.3 is 4.57 Å². The molecule has 0 unspecified atom stereocenters. The molecule has 0 aliphatic carbocycles. The minimum Gasteiger partial charge on any atom is -0.344 e. The maximum atomic E-state index is 2.46. The maximum absolute atomic E-state index is 2.46. The summed E-state index contributed by atoms with van der Waals surface area (Å²) in [6.07, 6.45) is 2.30. The Bertz CT molecular complexity index is 494. The van der Waals surface area contributed by atoms with Crippen LogP contribution in [-0.2, 0) is 19.4 Å². The molecule has 15 heavy (non-hydrogen) atoms. The first-order valence-corrected chi connectivity index (χ1v) is 5.67. The lowest BCUT2D eigenvalue weighted by atomic mass is 9.99. The minimum absolute atomic E-state index is 1.13. The van der Waals surface area contributed by atoms with Crippen LogP contribution in [-0.4, -0.2) is 4.57 Å². The smallest absolute Gasteiger partial charge is 0.0485 e. The molecular weight excluding hydrogens is 182 g/mol. The molecule has 2 heterocycles. The molecule has 76 valence electrons. The first-order valence-electron chi connectivity index (χ1n) is 5.67. The van der Waals surface area contributed by atoms with Gasteiger partial charge in [-0.15, -0.1) is 0 Å². The average molecular weight is 197 g/mol. The molecule has 1 aliphatic rings. The number of rotatable bonds is 1. The standard InChI is InChI=1S/C14H15N/c1-2-12-7-8-14-13-6-4-3-5-11(13)9-10-15(12)14/h3-8H,2,9-10H2,1H3. The summed E-state index contributed by atoms with van der Waals surface area (Å²) in [6.45, 7) is 3.37. The van der Waals surface area contributed by atoms with Crippen LogP contribution < -0.4 is 0 Å². The van der Waals surface area contributed by atoms with Gasteiger partial charge in [0.15, 0.2) is 0 Å². The fourth-order valence-electron chi connectivity index (χ4n) is 2.54. The number of fused-ring (bicyclic) bond motifs is 3. The van der Waals surface area contributed by atoms with Crippen LogP contribution in [0.3, 0.4) is 0 Å². The lowest BCUT2D eigenvalue weighted by Gasteiger charge is -2.21. The van der Waals surface area contributed by atoms with Crippen molar-refractivity contribution in [1.82, 2.24) is 4.57 Å². The van der Waals surface area contributed by atoms with E-state index in [1.807, 2.05) is 0 Å². The van der Waals surface area contributed by atoms with Gasteiger partial charge in [0.25, 0.3) is 0 Å². The van der Waals surface area contributed by atoms with Crippen molar-refractivity contribution >= 4 is 0 Å². The molecule has 0 saturated carbocycles. The van der Waals surface area contributed by atoms with Crippen LogP contribution in [0.1, 0.15) is 18.2 Å². The van der Waals surface area contributed by atoms with Crippen LogP contribution in [0.25, 0.3) is 11.3 Å². The van der Waals surface area contributed by atoms with Crippen molar-refractivity contribution in [2.45, 2.75) is 26.3 Å². The largest absolute Gasteiger partial charge is 0.344 e. The summed E-state index contributed by atoms with van der Waals surface area (Å²) in [5.74, 6) is 0. The number of benzene rings is 1. The monoisotopic (exact) mass is 197 g/mol. The Kier molecular flexibility index (Phi) is 1.91. The molecule has 1 aliphatic heterocycles. The molecule has 1 aromatic heterocycles. The zero-order valence-corrected chi connectivity index (χ0v) is 9.03. The second kappa shape index (κ2) is 3.27. The lowest BCUT2D eigenvalue weighted by molar-refractivity contribution is 0.658. The van der Waals surface area contributed by atoms with Crippen molar-refractivity contribution in [2.24, 2.45) is 0 Å². The molecule has 0 radical (unpaired) electrons. The van der Waals surface area contributed by atoms with Crippen LogP contribution in [0.5, 0.6) is 0 Å². The average Bonchev–Trinajstić information content (AvgIpc) is 2.72. The van der Waals surface area contributed by atoms with E-state index in [0.29, 0.717) is 0 Å². The molecule has 0 amide bonds.